The molecule has 0 aliphatic carbocycles. The number of hydrogen-bond donors (Lipinski definition) is 2. The summed E-state index contributed by atoms with van der Waals surface area (Å²) in [5.74, 6) is 0.230. The molecule has 0 fully saturated rings. The zero-order valence-corrected chi connectivity index (χ0v) is 13.4. The Morgan fingerprint density at radius 2 is 1.70 bits per heavy atom. The van der Waals surface area contributed by atoms with Gasteiger partial charge in [-0.15, -0.1) is 0 Å². The third-order valence-electron chi connectivity index (χ3n) is 3.52. The summed E-state index contributed by atoms with van der Waals surface area (Å²) in [5.41, 5.74) is 8.52. The lowest BCUT2D eigenvalue weighted by atomic mass is 9.78. The van der Waals surface area contributed by atoms with Crippen LogP contribution in [0.15, 0.2) is 12.1 Å². The lowest BCUT2D eigenvalue weighted by Gasteiger charge is -2.28. The highest BCUT2D eigenvalue weighted by Crippen LogP contribution is 2.39. The average Bonchev–Trinajstić information content (AvgIpc) is 2.26. The summed E-state index contributed by atoms with van der Waals surface area (Å²) in [7, 11) is 0. The Balaban J connectivity index is 3.56. The highest BCUT2D eigenvalue weighted by molar-refractivity contribution is 5.50. The third-order valence-corrected chi connectivity index (χ3v) is 3.52. The van der Waals surface area contributed by atoms with Gasteiger partial charge in [0.25, 0.3) is 0 Å². The second-order valence-corrected chi connectivity index (χ2v) is 7.43. The van der Waals surface area contributed by atoms with E-state index < -0.39 is 6.04 Å². The molecule has 0 amide bonds. The standard InChI is InChI=1S/C17H26N2O/c1-16(2,3)11-9-12(14(19)7-8-18)15(20)13(10-11)17(4,5)6/h9-10,14,20H,7,19H2,1-6H3/t14-/m0/s1. The highest BCUT2D eigenvalue weighted by atomic mass is 16.3. The monoisotopic (exact) mass is 274 g/mol. The van der Waals surface area contributed by atoms with E-state index in [9.17, 15) is 5.11 Å². The maximum absolute atomic E-state index is 10.5. The van der Waals surface area contributed by atoms with Crippen LogP contribution >= 0.6 is 0 Å². The molecule has 0 unspecified atom stereocenters. The summed E-state index contributed by atoms with van der Waals surface area (Å²) in [5, 5.41) is 19.4. The molecular formula is C17H26N2O. The predicted octanol–water partition coefficient (Wildman–Crippen LogP) is 3.90. The Morgan fingerprint density at radius 1 is 1.15 bits per heavy atom. The molecule has 110 valence electrons. The largest absolute Gasteiger partial charge is 0.507 e. The molecule has 0 radical (unpaired) electrons. The van der Waals surface area contributed by atoms with Gasteiger partial charge in [0, 0.05) is 11.6 Å². The molecule has 1 aromatic rings. The molecule has 0 bridgehead atoms. The van der Waals surface area contributed by atoms with Gasteiger partial charge in [-0.05, 0) is 28.0 Å². The number of phenols is 1. The summed E-state index contributed by atoms with van der Waals surface area (Å²) in [6, 6.07) is 5.61. The molecule has 3 nitrogen and oxygen atoms in total. The van der Waals surface area contributed by atoms with E-state index in [1.807, 2.05) is 6.07 Å². The second-order valence-electron chi connectivity index (χ2n) is 7.43. The lowest BCUT2D eigenvalue weighted by Crippen LogP contribution is -2.20. The van der Waals surface area contributed by atoms with Crippen molar-refractivity contribution in [3.8, 4) is 11.8 Å². The minimum atomic E-state index is -0.455. The smallest absolute Gasteiger partial charge is 0.124 e. The van der Waals surface area contributed by atoms with E-state index in [4.69, 9.17) is 11.0 Å². The predicted molar refractivity (Wildman–Crippen MR) is 82.7 cm³/mol. The average molecular weight is 274 g/mol. The molecule has 3 N–H and O–H groups in total. The van der Waals surface area contributed by atoms with E-state index in [-0.39, 0.29) is 23.0 Å². The Labute approximate surface area is 122 Å². The molecule has 0 aliphatic heterocycles. The zero-order chi connectivity index (χ0) is 15.7. The summed E-state index contributed by atoms with van der Waals surface area (Å²) in [4.78, 5) is 0. The first kappa shape index (κ1) is 16.5. The van der Waals surface area contributed by atoms with Crippen LogP contribution in [-0.2, 0) is 10.8 Å². The van der Waals surface area contributed by atoms with Crippen LogP contribution in [0.1, 0.15) is 70.7 Å². The van der Waals surface area contributed by atoms with Crippen LogP contribution in [-0.4, -0.2) is 5.11 Å². The van der Waals surface area contributed by atoms with Crippen LogP contribution in [0.2, 0.25) is 0 Å². The highest BCUT2D eigenvalue weighted by Gasteiger charge is 2.26. The third kappa shape index (κ3) is 3.52. The van der Waals surface area contributed by atoms with Gasteiger partial charge in [0.05, 0.1) is 12.5 Å². The number of aromatic hydroxyl groups is 1. The van der Waals surface area contributed by atoms with Crippen molar-refractivity contribution in [2.45, 2.75) is 64.8 Å². The van der Waals surface area contributed by atoms with Crippen molar-refractivity contribution in [3.63, 3.8) is 0 Å². The molecule has 0 saturated carbocycles. The molecule has 0 saturated heterocycles. The molecule has 3 heteroatoms. The fraction of sp³-hybridized carbons (Fsp3) is 0.588. The van der Waals surface area contributed by atoms with Gasteiger partial charge < -0.3 is 10.8 Å². The Kier molecular flexibility index (Phi) is 4.51. The quantitative estimate of drug-likeness (QED) is 0.859. The summed E-state index contributed by atoms with van der Waals surface area (Å²) in [6.45, 7) is 12.6. The van der Waals surface area contributed by atoms with Gasteiger partial charge in [-0.2, -0.15) is 5.26 Å². The van der Waals surface area contributed by atoms with Gasteiger partial charge >= 0.3 is 0 Å². The summed E-state index contributed by atoms with van der Waals surface area (Å²) in [6.07, 6.45) is 0.199. The number of rotatable bonds is 2. The molecular weight excluding hydrogens is 248 g/mol. The van der Waals surface area contributed by atoms with Gasteiger partial charge in [-0.25, -0.2) is 0 Å². The van der Waals surface area contributed by atoms with E-state index in [0.717, 1.165) is 11.1 Å². The minimum Gasteiger partial charge on any atom is -0.507 e. The number of nitrogens with zero attached hydrogens (tertiary/aromatic N) is 1. The molecule has 0 spiro atoms. The molecule has 0 aromatic heterocycles. The van der Waals surface area contributed by atoms with Gasteiger partial charge in [0.15, 0.2) is 0 Å². The van der Waals surface area contributed by atoms with E-state index in [0.29, 0.717) is 5.56 Å². The first-order valence-corrected chi connectivity index (χ1v) is 6.99. The summed E-state index contributed by atoms with van der Waals surface area (Å²) < 4.78 is 0. The minimum absolute atomic E-state index is 0.0329. The van der Waals surface area contributed by atoms with Crippen molar-refractivity contribution in [2.75, 3.05) is 0 Å². The van der Waals surface area contributed by atoms with E-state index in [2.05, 4.69) is 53.7 Å². The Bertz CT molecular complexity index is 528. The van der Waals surface area contributed by atoms with Crippen molar-refractivity contribution >= 4 is 0 Å². The zero-order valence-electron chi connectivity index (χ0n) is 13.4. The van der Waals surface area contributed by atoms with Crippen molar-refractivity contribution in [3.05, 3.63) is 28.8 Å². The van der Waals surface area contributed by atoms with E-state index >= 15 is 0 Å². The van der Waals surface area contributed by atoms with Crippen LogP contribution in [0.5, 0.6) is 5.75 Å². The lowest BCUT2D eigenvalue weighted by molar-refractivity contribution is 0.432. The Hall–Kier alpha value is -1.53. The number of phenolic OH excluding ortho intramolecular Hbond substituents is 1. The summed E-state index contributed by atoms with van der Waals surface area (Å²) >= 11 is 0. The van der Waals surface area contributed by atoms with Crippen LogP contribution in [0.25, 0.3) is 0 Å². The number of benzene rings is 1. The van der Waals surface area contributed by atoms with Gasteiger partial charge in [-0.1, -0.05) is 47.6 Å². The van der Waals surface area contributed by atoms with Crippen LogP contribution in [0.4, 0.5) is 0 Å². The van der Waals surface area contributed by atoms with Crippen LogP contribution in [0.3, 0.4) is 0 Å². The molecule has 0 aliphatic rings. The van der Waals surface area contributed by atoms with E-state index in [1.165, 1.54) is 0 Å². The molecule has 0 heterocycles. The fourth-order valence-corrected chi connectivity index (χ4v) is 2.15. The molecule has 20 heavy (non-hydrogen) atoms. The van der Waals surface area contributed by atoms with Crippen molar-refractivity contribution in [1.82, 2.24) is 0 Å². The van der Waals surface area contributed by atoms with Gasteiger partial charge in [-0.3, -0.25) is 0 Å². The molecule has 1 rings (SSSR count). The molecule has 1 aromatic carbocycles. The van der Waals surface area contributed by atoms with Gasteiger partial charge in [0.2, 0.25) is 0 Å². The number of hydrogen-bond acceptors (Lipinski definition) is 3. The second kappa shape index (κ2) is 5.46. The topological polar surface area (TPSA) is 70.0 Å². The van der Waals surface area contributed by atoms with Gasteiger partial charge in [0.1, 0.15) is 5.75 Å². The fourth-order valence-electron chi connectivity index (χ4n) is 2.15. The number of nitrogens with two attached hydrogens (primary N) is 1. The van der Waals surface area contributed by atoms with E-state index in [1.54, 1.807) is 0 Å². The maximum Gasteiger partial charge on any atom is 0.124 e. The first-order valence-electron chi connectivity index (χ1n) is 6.99. The maximum atomic E-state index is 10.5. The Morgan fingerprint density at radius 3 is 2.10 bits per heavy atom. The number of nitriles is 1. The van der Waals surface area contributed by atoms with Crippen molar-refractivity contribution < 1.29 is 5.11 Å². The first-order chi connectivity index (χ1) is 8.98. The van der Waals surface area contributed by atoms with Crippen molar-refractivity contribution in [2.24, 2.45) is 5.73 Å². The van der Waals surface area contributed by atoms with Crippen LogP contribution < -0.4 is 5.73 Å². The SMILES string of the molecule is CC(C)(C)c1cc([C@@H](N)CC#N)c(O)c(C(C)(C)C)c1. The molecule has 1 atom stereocenters. The normalized spacial score (nSPS) is 13.9. The van der Waals surface area contributed by atoms with Crippen molar-refractivity contribution in [1.29, 1.82) is 5.26 Å². The van der Waals surface area contributed by atoms with Crippen LogP contribution in [0, 0.1) is 11.3 Å².